The Hall–Kier alpha value is -1.62. The Morgan fingerprint density at radius 1 is 1.56 bits per heavy atom. The number of aromatic amines is 1. The molecule has 5 heteroatoms. The summed E-state index contributed by atoms with van der Waals surface area (Å²) in [7, 11) is 0. The summed E-state index contributed by atoms with van der Waals surface area (Å²) in [4.78, 5) is 18.5. The summed E-state index contributed by atoms with van der Waals surface area (Å²) in [5, 5.41) is 7.48. The van der Waals surface area contributed by atoms with Crippen LogP contribution in [0.1, 0.15) is 25.2 Å². The van der Waals surface area contributed by atoms with Crippen LogP contribution in [0.4, 0.5) is 5.82 Å². The van der Waals surface area contributed by atoms with E-state index in [2.05, 4.69) is 39.0 Å². The quantitative estimate of drug-likeness (QED) is 0.871. The van der Waals surface area contributed by atoms with Crippen LogP contribution in [0.3, 0.4) is 0 Å². The maximum atomic E-state index is 11.4. The predicted molar refractivity (Wildman–Crippen MR) is 75.3 cm³/mol. The molecule has 0 spiro atoms. The zero-order valence-electron chi connectivity index (χ0n) is 10.6. The first-order valence-corrected chi connectivity index (χ1v) is 6.99. The van der Waals surface area contributed by atoms with Gasteiger partial charge in [-0.25, -0.2) is 4.98 Å². The van der Waals surface area contributed by atoms with Crippen molar-refractivity contribution in [3.63, 3.8) is 0 Å². The zero-order valence-corrected chi connectivity index (χ0v) is 11.4. The summed E-state index contributed by atoms with van der Waals surface area (Å²) in [6.45, 7) is 4.06. The molecule has 2 rings (SSSR count). The van der Waals surface area contributed by atoms with E-state index in [1.54, 1.807) is 11.3 Å². The molecule has 2 N–H and O–H groups in total. The standard InChI is InChI=1S/C13H17N3OS/c1-3-11-15-12(7-13(17)16-11)14-9(2)6-10-4-5-18-8-10/h4-5,7-9H,3,6H2,1-2H3,(H2,14,15,16,17). The maximum absolute atomic E-state index is 11.4. The van der Waals surface area contributed by atoms with E-state index in [-0.39, 0.29) is 11.6 Å². The molecule has 0 bridgehead atoms. The van der Waals surface area contributed by atoms with Gasteiger partial charge in [-0.1, -0.05) is 6.92 Å². The lowest BCUT2D eigenvalue weighted by atomic mass is 10.1. The van der Waals surface area contributed by atoms with Crippen molar-refractivity contribution in [3.05, 3.63) is 44.6 Å². The third-order valence-electron chi connectivity index (χ3n) is 2.64. The molecule has 4 nitrogen and oxygen atoms in total. The van der Waals surface area contributed by atoms with Crippen molar-refractivity contribution in [2.24, 2.45) is 0 Å². The number of aromatic nitrogens is 2. The van der Waals surface area contributed by atoms with Crippen LogP contribution in [0.5, 0.6) is 0 Å². The van der Waals surface area contributed by atoms with E-state index in [1.165, 1.54) is 11.6 Å². The number of hydrogen-bond donors (Lipinski definition) is 2. The maximum Gasteiger partial charge on any atom is 0.252 e. The van der Waals surface area contributed by atoms with E-state index in [0.29, 0.717) is 11.6 Å². The van der Waals surface area contributed by atoms with E-state index in [0.717, 1.165) is 12.8 Å². The highest BCUT2D eigenvalue weighted by Gasteiger charge is 2.06. The number of aryl methyl sites for hydroxylation is 1. The molecule has 0 aliphatic rings. The van der Waals surface area contributed by atoms with Crippen molar-refractivity contribution in [1.29, 1.82) is 0 Å². The minimum absolute atomic E-state index is 0.105. The Morgan fingerprint density at radius 2 is 2.39 bits per heavy atom. The first-order chi connectivity index (χ1) is 8.67. The molecule has 0 saturated heterocycles. The fourth-order valence-electron chi connectivity index (χ4n) is 1.82. The molecule has 0 aromatic carbocycles. The summed E-state index contributed by atoms with van der Waals surface area (Å²) in [6.07, 6.45) is 1.66. The number of hydrogen-bond acceptors (Lipinski definition) is 4. The van der Waals surface area contributed by atoms with Crippen LogP contribution >= 0.6 is 11.3 Å². The molecule has 1 atom stereocenters. The molecule has 18 heavy (non-hydrogen) atoms. The number of thiophene rings is 1. The van der Waals surface area contributed by atoms with Crippen LogP contribution < -0.4 is 10.9 Å². The molecule has 0 fully saturated rings. The number of rotatable bonds is 5. The topological polar surface area (TPSA) is 57.8 Å². The van der Waals surface area contributed by atoms with E-state index in [4.69, 9.17) is 0 Å². The van der Waals surface area contributed by atoms with Crippen LogP contribution in [0.2, 0.25) is 0 Å². The molecule has 0 aliphatic heterocycles. The second-order valence-corrected chi connectivity index (χ2v) is 5.09. The normalized spacial score (nSPS) is 12.3. The number of H-pyrrole nitrogens is 1. The zero-order chi connectivity index (χ0) is 13.0. The van der Waals surface area contributed by atoms with Gasteiger partial charge in [-0.3, -0.25) is 4.79 Å². The minimum atomic E-state index is -0.105. The average Bonchev–Trinajstić information content (AvgIpc) is 2.80. The molecular weight excluding hydrogens is 246 g/mol. The highest BCUT2D eigenvalue weighted by Crippen LogP contribution is 2.11. The van der Waals surface area contributed by atoms with Crippen molar-refractivity contribution >= 4 is 17.2 Å². The van der Waals surface area contributed by atoms with Crippen molar-refractivity contribution in [3.8, 4) is 0 Å². The van der Waals surface area contributed by atoms with E-state index >= 15 is 0 Å². The SMILES string of the molecule is CCc1nc(NC(C)Cc2ccsc2)cc(=O)[nH]1. The van der Waals surface area contributed by atoms with Crippen molar-refractivity contribution in [1.82, 2.24) is 9.97 Å². The monoisotopic (exact) mass is 263 g/mol. The number of anilines is 1. The Bertz CT molecular complexity index is 548. The average molecular weight is 263 g/mol. The first kappa shape index (κ1) is 12.8. The van der Waals surface area contributed by atoms with Crippen LogP contribution in [0, 0.1) is 0 Å². The van der Waals surface area contributed by atoms with Gasteiger partial charge in [0.1, 0.15) is 11.6 Å². The fraction of sp³-hybridized carbons (Fsp3) is 0.385. The summed E-state index contributed by atoms with van der Waals surface area (Å²) in [6, 6.07) is 3.87. The van der Waals surface area contributed by atoms with Crippen LogP contribution in [-0.2, 0) is 12.8 Å². The smallest absolute Gasteiger partial charge is 0.252 e. The summed E-state index contributed by atoms with van der Waals surface area (Å²) >= 11 is 1.70. The van der Waals surface area contributed by atoms with Gasteiger partial charge in [-0.05, 0) is 35.7 Å². The lowest BCUT2D eigenvalue weighted by Crippen LogP contribution is -2.21. The fourth-order valence-corrected chi connectivity index (χ4v) is 2.50. The number of nitrogens with zero attached hydrogens (tertiary/aromatic N) is 1. The van der Waals surface area contributed by atoms with Gasteiger partial charge in [0.05, 0.1) is 0 Å². The third-order valence-corrected chi connectivity index (χ3v) is 3.37. The largest absolute Gasteiger partial charge is 0.367 e. The molecule has 0 radical (unpaired) electrons. The summed E-state index contributed by atoms with van der Waals surface area (Å²) in [5.74, 6) is 1.37. The van der Waals surface area contributed by atoms with Crippen LogP contribution in [-0.4, -0.2) is 16.0 Å². The van der Waals surface area contributed by atoms with E-state index in [1.807, 2.05) is 6.92 Å². The van der Waals surface area contributed by atoms with Crippen molar-refractivity contribution in [2.45, 2.75) is 32.7 Å². The molecule has 1 unspecified atom stereocenters. The third kappa shape index (κ3) is 3.43. The van der Waals surface area contributed by atoms with Gasteiger partial charge < -0.3 is 10.3 Å². The second kappa shape index (κ2) is 5.82. The minimum Gasteiger partial charge on any atom is -0.367 e. The van der Waals surface area contributed by atoms with Gasteiger partial charge in [0, 0.05) is 18.5 Å². The Labute approximate surface area is 110 Å². The van der Waals surface area contributed by atoms with Crippen molar-refractivity contribution < 1.29 is 0 Å². The molecule has 2 aromatic heterocycles. The van der Waals surface area contributed by atoms with Gasteiger partial charge in [0.15, 0.2) is 0 Å². The first-order valence-electron chi connectivity index (χ1n) is 6.05. The van der Waals surface area contributed by atoms with Gasteiger partial charge in [-0.2, -0.15) is 11.3 Å². The van der Waals surface area contributed by atoms with Gasteiger partial charge in [-0.15, -0.1) is 0 Å². The summed E-state index contributed by atoms with van der Waals surface area (Å²) < 4.78 is 0. The van der Waals surface area contributed by atoms with Crippen LogP contribution in [0.25, 0.3) is 0 Å². The highest BCUT2D eigenvalue weighted by atomic mass is 32.1. The van der Waals surface area contributed by atoms with Gasteiger partial charge in [0.2, 0.25) is 0 Å². The molecule has 96 valence electrons. The van der Waals surface area contributed by atoms with Gasteiger partial charge >= 0.3 is 0 Å². The van der Waals surface area contributed by atoms with E-state index < -0.39 is 0 Å². The highest BCUT2D eigenvalue weighted by molar-refractivity contribution is 7.07. The predicted octanol–water partition coefficient (Wildman–Crippen LogP) is 2.44. The molecule has 2 aromatic rings. The van der Waals surface area contributed by atoms with Crippen LogP contribution in [0.15, 0.2) is 27.7 Å². The molecule has 2 heterocycles. The Balaban J connectivity index is 2.04. The molecule has 0 aliphatic carbocycles. The van der Waals surface area contributed by atoms with Crippen molar-refractivity contribution in [2.75, 3.05) is 5.32 Å². The lowest BCUT2D eigenvalue weighted by molar-refractivity contribution is 0.780. The van der Waals surface area contributed by atoms with E-state index in [9.17, 15) is 4.79 Å². The Morgan fingerprint density at radius 3 is 3.06 bits per heavy atom. The molecule has 0 saturated carbocycles. The molecular formula is C13H17N3OS. The molecule has 0 amide bonds. The van der Waals surface area contributed by atoms with Gasteiger partial charge in [0.25, 0.3) is 5.56 Å². The number of nitrogens with one attached hydrogen (secondary N) is 2. The Kier molecular flexibility index (Phi) is 4.15. The summed E-state index contributed by atoms with van der Waals surface area (Å²) in [5.41, 5.74) is 1.20. The second-order valence-electron chi connectivity index (χ2n) is 4.31. The lowest BCUT2D eigenvalue weighted by Gasteiger charge is -2.14.